The van der Waals surface area contributed by atoms with Gasteiger partial charge in [0.05, 0.1) is 28.4 Å². The quantitative estimate of drug-likeness (QED) is 0.151. The van der Waals surface area contributed by atoms with Crippen LogP contribution in [0.5, 0.6) is 23.0 Å². The Morgan fingerprint density at radius 1 is 0.657 bits per heavy atom. The van der Waals surface area contributed by atoms with Gasteiger partial charge in [-0.1, -0.05) is 31.4 Å². The number of Topliss-reactive ketones (excluding diaryl/α,β-unsaturated/α-hetero) is 1. The second-order valence-electron chi connectivity index (χ2n) is 7.97. The van der Waals surface area contributed by atoms with Crippen molar-refractivity contribution in [3.63, 3.8) is 0 Å². The molecule has 0 heterocycles. The Labute approximate surface area is 206 Å². The number of hydrogen-bond acceptors (Lipinski definition) is 8. The number of carbonyl (C=O) groups is 3. The number of unbranched alkanes of at least 4 members (excludes halogenated alkanes) is 4. The Morgan fingerprint density at radius 2 is 1.23 bits per heavy atom. The molecule has 2 aromatic rings. The van der Waals surface area contributed by atoms with Crippen LogP contribution in [0.25, 0.3) is 0 Å². The lowest BCUT2D eigenvalue weighted by molar-refractivity contribution is -0.140. The third-order valence-electron chi connectivity index (χ3n) is 5.51. The highest BCUT2D eigenvalue weighted by atomic mass is 16.5. The third-order valence-corrected chi connectivity index (χ3v) is 5.51. The van der Waals surface area contributed by atoms with Crippen molar-refractivity contribution in [1.29, 1.82) is 0 Å². The van der Waals surface area contributed by atoms with Gasteiger partial charge in [-0.15, -0.1) is 0 Å². The molecule has 0 saturated heterocycles. The van der Waals surface area contributed by atoms with E-state index in [4.69, 9.17) is 18.9 Å². The lowest BCUT2D eigenvalue weighted by Crippen LogP contribution is -2.14. The minimum Gasteiger partial charge on any atom is -0.497 e. The van der Waals surface area contributed by atoms with Crippen LogP contribution in [0, 0.1) is 0 Å². The first-order valence-electron chi connectivity index (χ1n) is 11.6. The molecule has 0 bridgehead atoms. The van der Waals surface area contributed by atoms with Crippen LogP contribution in [0.1, 0.15) is 60.9 Å². The number of methoxy groups -OCH3 is 4. The minimum atomic E-state index is -0.437. The zero-order valence-electron chi connectivity index (χ0n) is 20.9. The maximum Gasteiger partial charge on any atom is 0.311 e. The number of hydrogen-bond donors (Lipinski definition) is 0. The van der Waals surface area contributed by atoms with E-state index in [-0.39, 0.29) is 41.7 Å². The third kappa shape index (κ3) is 8.96. The van der Waals surface area contributed by atoms with Gasteiger partial charge >= 0.3 is 11.9 Å². The van der Waals surface area contributed by atoms with E-state index in [0.717, 1.165) is 31.2 Å². The highest BCUT2D eigenvalue weighted by Gasteiger charge is 2.23. The molecule has 2 aromatic carbocycles. The first-order valence-corrected chi connectivity index (χ1v) is 11.6. The molecule has 35 heavy (non-hydrogen) atoms. The summed E-state index contributed by atoms with van der Waals surface area (Å²) in [5, 5.41) is 0. The summed E-state index contributed by atoms with van der Waals surface area (Å²) in [6.45, 7) is 0. The molecule has 0 saturated carbocycles. The van der Waals surface area contributed by atoms with Crippen molar-refractivity contribution in [3.8, 4) is 23.0 Å². The van der Waals surface area contributed by atoms with Gasteiger partial charge in [0.15, 0.2) is 5.78 Å². The van der Waals surface area contributed by atoms with Crippen molar-refractivity contribution < 1.29 is 38.1 Å². The summed E-state index contributed by atoms with van der Waals surface area (Å²) < 4.78 is 26.1. The Kier molecular flexibility index (Phi) is 11.6. The van der Waals surface area contributed by atoms with E-state index in [1.165, 1.54) is 27.4 Å². The van der Waals surface area contributed by atoms with Gasteiger partial charge in [0.25, 0.3) is 0 Å². The van der Waals surface area contributed by atoms with Gasteiger partial charge in [0.2, 0.25) is 0 Å². The summed E-state index contributed by atoms with van der Waals surface area (Å²) in [6.07, 6.45) is 4.76. The van der Waals surface area contributed by atoms with Crippen LogP contribution >= 0.6 is 0 Å². The molecule has 0 aromatic heterocycles. The number of rotatable bonds is 15. The molecule has 0 amide bonds. The van der Waals surface area contributed by atoms with E-state index in [1.807, 2.05) is 12.1 Å². The summed E-state index contributed by atoms with van der Waals surface area (Å²) in [6, 6.07) is 10.3. The number of ketones is 1. The van der Waals surface area contributed by atoms with E-state index < -0.39 is 5.97 Å². The molecule has 0 radical (unpaired) electrons. The molecule has 2 rings (SSSR count). The molecule has 8 nitrogen and oxygen atoms in total. The van der Waals surface area contributed by atoms with Crippen molar-refractivity contribution >= 4 is 17.7 Å². The molecule has 0 atom stereocenters. The Bertz CT molecular complexity index is 981. The topological polar surface area (TPSA) is 97.4 Å². The predicted octanol–water partition coefficient (Wildman–Crippen LogP) is 4.95. The number of esters is 2. The average Bonchev–Trinajstić information content (AvgIpc) is 2.87. The molecular formula is C27H34O8. The van der Waals surface area contributed by atoms with Crippen LogP contribution in [0.2, 0.25) is 0 Å². The molecule has 0 aliphatic heterocycles. The number of carbonyl (C=O) groups excluding carboxylic acids is 3. The van der Waals surface area contributed by atoms with E-state index in [0.29, 0.717) is 24.3 Å². The number of benzene rings is 2. The van der Waals surface area contributed by atoms with Crippen molar-refractivity contribution in [2.45, 2.75) is 51.4 Å². The van der Waals surface area contributed by atoms with E-state index in [2.05, 4.69) is 4.74 Å². The van der Waals surface area contributed by atoms with Gasteiger partial charge in [0.1, 0.15) is 28.6 Å². The molecule has 0 fully saturated rings. The smallest absolute Gasteiger partial charge is 0.311 e. The van der Waals surface area contributed by atoms with Crippen molar-refractivity contribution in [2.24, 2.45) is 0 Å². The van der Waals surface area contributed by atoms with Crippen LogP contribution in [-0.2, 0) is 20.7 Å². The van der Waals surface area contributed by atoms with Gasteiger partial charge in [-0.3, -0.25) is 14.4 Å². The van der Waals surface area contributed by atoms with Crippen molar-refractivity contribution in [3.05, 3.63) is 47.5 Å². The van der Waals surface area contributed by atoms with Crippen LogP contribution in [0.4, 0.5) is 0 Å². The maximum atomic E-state index is 13.2. The van der Waals surface area contributed by atoms with Crippen molar-refractivity contribution in [1.82, 2.24) is 0 Å². The molecule has 8 heteroatoms. The summed E-state index contributed by atoms with van der Waals surface area (Å²) in [4.78, 5) is 36.9. The molecular weight excluding hydrogens is 452 g/mol. The highest BCUT2D eigenvalue weighted by Crippen LogP contribution is 2.35. The Balaban J connectivity index is 2.03. The van der Waals surface area contributed by atoms with Crippen LogP contribution in [0.3, 0.4) is 0 Å². The summed E-state index contributed by atoms with van der Waals surface area (Å²) >= 11 is 0. The van der Waals surface area contributed by atoms with Crippen LogP contribution < -0.4 is 18.9 Å². The fourth-order valence-corrected chi connectivity index (χ4v) is 3.56. The summed E-state index contributed by atoms with van der Waals surface area (Å²) in [5.74, 6) is 0.604. The van der Waals surface area contributed by atoms with Crippen LogP contribution in [-0.4, -0.2) is 46.2 Å². The molecule has 190 valence electrons. The van der Waals surface area contributed by atoms with Gasteiger partial charge in [-0.05, 0) is 30.5 Å². The SMILES string of the molecule is COC(=O)CCCCCCCC(=O)Oc1cc(OC)cc(OC)c1C(=O)Cc1ccc(OC)cc1. The second kappa shape index (κ2) is 14.7. The molecule has 0 aliphatic carbocycles. The predicted molar refractivity (Wildman–Crippen MR) is 131 cm³/mol. The van der Waals surface area contributed by atoms with Gasteiger partial charge < -0.3 is 23.7 Å². The maximum absolute atomic E-state index is 13.2. The largest absolute Gasteiger partial charge is 0.497 e. The zero-order valence-corrected chi connectivity index (χ0v) is 20.9. The van der Waals surface area contributed by atoms with Gasteiger partial charge in [0, 0.05) is 31.4 Å². The molecule has 0 unspecified atom stereocenters. The van der Waals surface area contributed by atoms with Gasteiger partial charge in [-0.2, -0.15) is 0 Å². The summed E-state index contributed by atoms with van der Waals surface area (Å²) in [5.41, 5.74) is 0.985. The lowest BCUT2D eigenvalue weighted by atomic mass is 10.0. The monoisotopic (exact) mass is 486 g/mol. The van der Waals surface area contributed by atoms with Crippen molar-refractivity contribution in [2.75, 3.05) is 28.4 Å². The van der Waals surface area contributed by atoms with Gasteiger partial charge in [-0.25, -0.2) is 0 Å². The van der Waals surface area contributed by atoms with E-state index >= 15 is 0 Å². The minimum absolute atomic E-state index is 0.100. The average molecular weight is 487 g/mol. The Hall–Kier alpha value is -3.55. The van der Waals surface area contributed by atoms with E-state index in [1.54, 1.807) is 25.3 Å². The normalized spacial score (nSPS) is 10.4. The molecule has 0 spiro atoms. The zero-order chi connectivity index (χ0) is 25.6. The second-order valence-corrected chi connectivity index (χ2v) is 7.97. The molecule has 0 aliphatic rings. The molecule has 0 N–H and O–H groups in total. The van der Waals surface area contributed by atoms with E-state index in [9.17, 15) is 14.4 Å². The number of ether oxygens (including phenoxy) is 5. The fraction of sp³-hybridized carbons (Fsp3) is 0.444. The standard InChI is InChI=1S/C27H34O8/c1-31-20-14-12-19(13-15-20)16-22(28)27-23(33-3)17-21(32-2)18-24(27)35-26(30)11-9-7-5-6-8-10-25(29)34-4/h12-15,17-18H,5-11,16H2,1-4H3. The fourth-order valence-electron chi connectivity index (χ4n) is 3.56. The van der Waals surface area contributed by atoms with Crippen LogP contribution in [0.15, 0.2) is 36.4 Å². The highest BCUT2D eigenvalue weighted by molar-refractivity contribution is 6.03. The Morgan fingerprint density at radius 3 is 1.80 bits per heavy atom. The summed E-state index contributed by atoms with van der Waals surface area (Å²) in [7, 11) is 5.89. The lowest BCUT2D eigenvalue weighted by Gasteiger charge is -2.15. The first kappa shape index (κ1) is 27.7. The first-order chi connectivity index (χ1) is 16.9.